The molecule has 0 radical (unpaired) electrons. The number of hydrogen-bond acceptors (Lipinski definition) is 3. The van der Waals surface area contributed by atoms with Gasteiger partial charge in [-0.1, -0.05) is 12.8 Å². The number of nitrogens with one attached hydrogen (secondary N) is 1. The Morgan fingerprint density at radius 1 is 1.30 bits per heavy atom. The van der Waals surface area contributed by atoms with Gasteiger partial charge in [0.2, 0.25) is 5.91 Å². The summed E-state index contributed by atoms with van der Waals surface area (Å²) in [6.07, 6.45) is 4.38. The molecule has 3 amide bonds. The van der Waals surface area contributed by atoms with Crippen molar-refractivity contribution in [2.45, 2.75) is 31.7 Å². The molecule has 0 aromatic carbocycles. The van der Waals surface area contributed by atoms with Crippen LogP contribution in [0.15, 0.2) is 0 Å². The van der Waals surface area contributed by atoms with Crippen molar-refractivity contribution >= 4 is 11.9 Å². The molecule has 0 bridgehead atoms. The normalized spacial score (nSPS) is 33.9. The molecule has 0 aromatic heterocycles. The average Bonchev–Trinajstić information content (AvgIpc) is 2.87. The van der Waals surface area contributed by atoms with E-state index in [1.807, 2.05) is 9.80 Å². The van der Waals surface area contributed by atoms with Crippen LogP contribution in [0.1, 0.15) is 25.7 Å². The molecule has 1 aliphatic carbocycles. The standard InChI is InChI=1S/C14H24N4O2/c15-7-10-3-1-2-4-12(10)13(19)17-5-6-18-11(9-17)8-16-14(18)20/h10-12H,1-9,15H2,(H,16,20). The van der Waals surface area contributed by atoms with Crippen LogP contribution in [0.25, 0.3) is 0 Å². The highest BCUT2D eigenvalue weighted by molar-refractivity contribution is 5.81. The van der Waals surface area contributed by atoms with E-state index in [4.69, 9.17) is 5.73 Å². The van der Waals surface area contributed by atoms with Crippen LogP contribution in [-0.4, -0.2) is 60.5 Å². The monoisotopic (exact) mass is 280 g/mol. The van der Waals surface area contributed by atoms with Crippen LogP contribution in [0.3, 0.4) is 0 Å². The molecular formula is C14H24N4O2. The Hall–Kier alpha value is -1.30. The van der Waals surface area contributed by atoms with E-state index >= 15 is 0 Å². The third-order valence-corrected chi connectivity index (χ3v) is 5.07. The zero-order valence-electron chi connectivity index (χ0n) is 11.9. The molecule has 6 nitrogen and oxygen atoms in total. The Morgan fingerprint density at radius 3 is 2.90 bits per heavy atom. The summed E-state index contributed by atoms with van der Waals surface area (Å²) in [4.78, 5) is 28.1. The fraction of sp³-hybridized carbons (Fsp3) is 0.857. The van der Waals surface area contributed by atoms with Crippen molar-refractivity contribution in [3.05, 3.63) is 0 Å². The molecule has 2 aliphatic heterocycles. The molecule has 2 saturated heterocycles. The Labute approximate surface area is 119 Å². The van der Waals surface area contributed by atoms with Crippen molar-refractivity contribution in [3.8, 4) is 0 Å². The first-order valence-electron chi connectivity index (χ1n) is 7.74. The van der Waals surface area contributed by atoms with Gasteiger partial charge in [0.1, 0.15) is 0 Å². The molecule has 2 heterocycles. The SMILES string of the molecule is NCC1CCCCC1C(=O)N1CCN2C(=O)NCC2C1. The van der Waals surface area contributed by atoms with Crippen LogP contribution >= 0.6 is 0 Å². The molecule has 0 spiro atoms. The summed E-state index contributed by atoms with van der Waals surface area (Å²) in [5.41, 5.74) is 5.83. The highest BCUT2D eigenvalue weighted by Crippen LogP contribution is 2.31. The highest BCUT2D eigenvalue weighted by atomic mass is 16.2. The van der Waals surface area contributed by atoms with Gasteiger partial charge in [0.05, 0.1) is 6.04 Å². The highest BCUT2D eigenvalue weighted by Gasteiger charge is 2.40. The fourth-order valence-electron chi connectivity index (χ4n) is 3.85. The van der Waals surface area contributed by atoms with Crippen LogP contribution in [-0.2, 0) is 4.79 Å². The second kappa shape index (κ2) is 5.60. The Bertz CT molecular complexity index is 401. The molecule has 20 heavy (non-hydrogen) atoms. The number of amides is 3. The van der Waals surface area contributed by atoms with E-state index in [1.165, 1.54) is 6.42 Å². The Kier molecular flexibility index (Phi) is 3.83. The largest absolute Gasteiger partial charge is 0.339 e. The van der Waals surface area contributed by atoms with Gasteiger partial charge < -0.3 is 20.9 Å². The lowest BCUT2D eigenvalue weighted by Crippen LogP contribution is -2.55. The number of nitrogens with zero attached hydrogens (tertiary/aromatic N) is 2. The van der Waals surface area contributed by atoms with Crippen molar-refractivity contribution in [3.63, 3.8) is 0 Å². The number of urea groups is 1. The second-order valence-electron chi connectivity index (χ2n) is 6.20. The fourth-order valence-corrected chi connectivity index (χ4v) is 3.85. The van der Waals surface area contributed by atoms with E-state index in [9.17, 15) is 9.59 Å². The van der Waals surface area contributed by atoms with Gasteiger partial charge in [0, 0.05) is 32.1 Å². The van der Waals surface area contributed by atoms with Crippen LogP contribution in [0, 0.1) is 11.8 Å². The average molecular weight is 280 g/mol. The van der Waals surface area contributed by atoms with Crippen molar-refractivity contribution < 1.29 is 9.59 Å². The van der Waals surface area contributed by atoms with Crippen molar-refractivity contribution in [1.82, 2.24) is 15.1 Å². The number of nitrogens with two attached hydrogens (primary N) is 1. The van der Waals surface area contributed by atoms with Crippen molar-refractivity contribution in [1.29, 1.82) is 0 Å². The minimum Gasteiger partial charge on any atom is -0.339 e. The second-order valence-corrected chi connectivity index (χ2v) is 6.20. The Morgan fingerprint density at radius 2 is 2.10 bits per heavy atom. The smallest absolute Gasteiger partial charge is 0.317 e. The van der Waals surface area contributed by atoms with E-state index in [1.54, 1.807) is 0 Å². The number of carbonyl (C=O) groups is 2. The predicted molar refractivity (Wildman–Crippen MR) is 75.0 cm³/mol. The molecule has 6 heteroatoms. The van der Waals surface area contributed by atoms with Gasteiger partial charge in [0.15, 0.2) is 0 Å². The molecule has 1 saturated carbocycles. The quantitative estimate of drug-likeness (QED) is 0.746. The number of piperazine rings is 1. The van der Waals surface area contributed by atoms with Crippen molar-refractivity contribution in [2.75, 3.05) is 32.7 Å². The van der Waals surface area contributed by atoms with Gasteiger partial charge in [0.25, 0.3) is 0 Å². The summed E-state index contributed by atoms with van der Waals surface area (Å²) in [7, 11) is 0. The maximum Gasteiger partial charge on any atom is 0.317 e. The third kappa shape index (κ3) is 2.37. The van der Waals surface area contributed by atoms with E-state index in [0.717, 1.165) is 19.3 Å². The molecule has 3 N–H and O–H groups in total. The first-order valence-corrected chi connectivity index (χ1v) is 7.74. The molecular weight excluding hydrogens is 256 g/mol. The lowest BCUT2D eigenvalue weighted by molar-refractivity contribution is -0.140. The van der Waals surface area contributed by atoms with E-state index < -0.39 is 0 Å². The van der Waals surface area contributed by atoms with Crippen LogP contribution in [0.4, 0.5) is 4.79 Å². The zero-order valence-corrected chi connectivity index (χ0v) is 11.9. The molecule has 3 fully saturated rings. The zero-order chi connectivity index (χ0) is 14.1. The first kappa shape index (κ1) is 13.7. The molecule has 3 aliphatic rings. The maximum absolute atomic E-state index is 12.7. The molecule has 0 aromatic rings. The number of fused-ring (bicyclic) bond motifs is 1. The lowest BCUT2D eigenvalue weighted by atomic mass is 9.78. The van der Waals surface area contributed by atoms with E-state index in [-0.39, 0.29) is 23.9 Å². The summed E-state index contributed by atoms with van der Waals surface area (Å²) in [5.74, 6) is 0.710. The molecule has 3 rings (SSSR count). The minimum absolute atomic E-state index is 0.0135. The van der Waals surface area contributed by atoms with Gasteiger partial charge in [-0.2, -0.15) is 0 Å². The molecule has 112 valence electrons. The van der Waals surface area contributed by atoms with Crippen LogP contribution in [0.2, 0.25) is 0 Å². The van der Waals surface area contributed by atoms with Gasteiger partial charge >= 0.3 is 6.03 Å². The number of rotatable bonds is 2. The van der Waals surface area contributed by atoms with E-state index in [2.05, 4.69) is 5.32 Å². The molecule has 3 atom stereocenters. The number of carbonyl (C=O) groups excluding carboxylic acids is 2. The summed E-state index contributed by atoms with van der Waals surface area (Å²) < 4.78 is 0. The number of hydrogen-bond donors (Lipinski definition) is 2. The van der Waals surface area contributed by atoms with E-state index in [0.29, 0.717) is 38.6 Å². The molecule has 3 unspecified atom stereocenters. The summed E-state index contributed by atoms with van der Waals surface area (Å²) >= 11 is 0. The van der Waals surface area contributed by atoms with Gasteiger partial charge in [-0.3, -0.25) is 4.79 Å². The van der Waals surface area contributed by atoms with Gasteiger partial charge in [-0.05, 0) is 25.3 Å². The van der Waals surface area contributed by atoms with Gasteiger partial charge in [-0.25, -0.2) is 4.79 Å². The van der Waals surface area contributed by atoms with Gasteiger partial charge in [-0.15, -0.1) is 0 Å². The summed E-state index contributed by atoms with van der Waals surface area (Å²) in [6.45, 7) is 3.26. The third-order valence-electron chi connectivity index (χ3n) is 5.07. The predicted octanol–water partition coefficient (Wildman–Crippen LogP) is -0.0125. The summed E-state index contributed by atoms with van der Waals surface area (Å²) in [6, 6.07) is 0.166. The Balaban J connectivity index is 1.64. The topological polar surface area (TPSA) is 78.7 Å². The van der Waals surface area contributed by atoms with Crippen LogP contribution < -0.4 is 11.1 Å². The lowest BCUT2D eigenvalue weighted by Gasteiger charge is -2.40. The summed E-state index contributed by atoms with van der Waals surface area (Å²) in [5, 5.41) is 2.85. The van der Waals surface area contributed by atoms with Crippen molar-refractivity contribution in [2.24, 2.45) is 17.6 Å². The first-order chi connectivity index (χ1) is 9.70. The maximum atomic E-state index is 12.7. The van der Waals surface area contributed by atoms with Crippen LogP contribution in [0.5, 0.6) is 0 Å². The minimum atomic E-state index is 0.0135.